The minimum absolute atomic E-state index is 0.00733. The van der Waals surface area contributed by atoms with Crippen LogP contribution in [0.2, 0.25) is 18.1 Å². The fourth-order valence-electron chi connectivity index (χ4n) is 4.05. The van der Waals surface area contributed by atoms with Gasteiger partial charge in [-0.05, 0) is 42.6 Å². The van der Waals surface area contributed by atoms with E-state index in [1.54, 1.807) is 0 Å². The van der Waals surface area contributed by atoms with Crippen molar-refractivity contribution in [1.82, 2.24) is 0 Å². The molecule has 0 bridgehead atoms. The first-order valence-electron chi connectivity index (χ1n) is 13.0. The van der Waals surface area contributed by atoms with Crippen molar-refractivity contribution >= 4 is 8.32 Å². The van der Waals surface area contributed by atoms with E-state index in [0.717, 1.165) is 24.0 Å². The van der Waals surface area contributed by atoms with Crippen LogP contribution in [0.25, 0.3) is 0 Å². The van der Waals surface area contributed by atoms with Crippen molar-refractivity contribution < 1.29 is 19.4 Å². The van der Waals surface area contributed by atoms with Gasteiger partial charge in [-0.15, -0.1) is 0 Å². The molecule has 0 saturated heterocycles. The van der Waals surface area contributed by atoms with E-state index >= 15 is 0 Å². The van der Waals surface area contributed by atoms with E-state index in [-0.39, 0.29) is 28.9 Å². The Labute approximate surface area is 210 Å². The number of aliphatic hydroxyl groups excluding tert-OH is 2. The summed E-state index contributed by atoms with van der Waals surface area (Å²) in [6.45, 7) is 22.6. The summed E-state index contributed by atoms with van der Waals surface area (Å²) in [6.07, 6.45) is 2.87. The molecular formula is C29H52O4Si. The molecule has 0 radical (unpaired) electrons. The van der Waals surface area contributed by atoms with Gasteiger partial charge in [0.05, 0.1) is 31.5 Å². The Kier molecular flexibility index (Phi) is 12.7. The van der Waals surface area contributed by atoms with Crippen LogP contribution in [0.1, 0.15) is 73.8 Å². The van der Waals surface area contributed by atoms with Crippen molar-refractivity contribution in [2.45, 2.75) is 111 Å². The van der Waals surface area contributed by atoms with Gasteiger partial charge in [0.1, 0.15) is 0 Å². The van der Waals surface area contributed by atoms with Gasteiger partial charge in [-0.2, -0.15) is 0 Å². The number of aliphatic hydroxyl groups is 2. The minimum Gasteiger partial charge on any atom is -0.414 e. The summed E-state index contributed by atoms with van der Waals surface area (Å²) in [5.41, 5.74) is 2.03. The maximum absolute atomic E-state index is 11.2. The Balaban J connectivity index is 2.75. The topological polar surface area (TPSA) is 58.9 Å². The van der Waals surface area contributed by atoms with E-state index in [1.807, 2.05) is 57.2 Å². The second-order valence-electron chi connectivity index (χ2n) is 11.7. The van der Waals surface area contributed by atoms with Crippen LogP contribution in [0.5, 0.6) is 0 Å². The first kappa shape index (κ1) is 31.0. The van der Waals surface area contributed by atoms with Gasteiger partial charge in [-0.1, -0.05) is 91.3 Å². The van der Waals surface area contributed by atoms with E-state index in [4.69, 9.17) is 9.16 Å². The maximum atomic E-state index is 11.2. The first-order chi connectivity index (χ1) is 15.7. The Bertz CT molecular complexity index is 725. The van der Waals surface area contributed by atoms with Crippen molar-refractivity contribution in [2.24, 2.45) is 17.8 Å². The molecule has 6 atom stereocenters. The highest BCUT2D eigenvalue weighted by Gasteiger charge is 2.41. The molecule has 0 fully saturated rings. The minimum atomic E-state index is -1.94. The summed E-state index contributed by atoms with van der Waals surface area (Å²) >= 11 is 0. The monoisotopic (exact) mass is 492 g/mol. The van der Waals surface area contributed by atoms with Crippen molar-refractivity contribution in [1.29, 1.82) is 0 Å². The fourth-order valence-corrected chi connectivity index (χ4v) is 5.50. The molecule has 1 aromatic rings. The SMILES string of the molecule is CCC[C@H](O[Si](C)(C)C(C)(C)C)[C@H](C)[C@@H](O)/C(C)=C/[C@@H](C)[C@@H](O)[C@@H](C)COCc1ccccc1. The third-order valence-corrected chi connectivity index (χ3v) is 12.0. The van der Waals surface area contributed by atoms with E-state index < -0.39 is 20.5 Å². The second kappa shape index (κ2) is 13.9. The van der Waals surface area contributed by atoms with E-state index in [2.05, 4.69) is 47.7 Å². The molecule has 1 rings (SSSR count). The molecule has 0 aliphatic heterocycles. The van der Waals surface area contributed by atoms with Crippen LogP contribution >= 0.6 is 0 Å². The molecule has 0 heterocycles. The van der Waals surface area contributed by atoms with Gasteiger partial charge in [-0.3, -0.25) is 0 Å². The molecule has 0 unspecified atom stereocenters. The summed E-state index contributed by atoms with van der Waals surface area (Å²) in [7, 11) is -1.94. The van der Waals surface area contributed by atoms with Gasteiger partial charge in [0, 0.05) is 17.8 Å². The lowest BCUT2D eigenvalue weighted by atomic mass is 9.87. The maximum Gasteiger partial charge on any atom is 0.192 e. The number of ether oxygens (including phenoxy) is 1. The lowest BCUT2D eigenvalue weighted by Gasteiger charge is -2.42. The molecular weight excluding hydrogens is 440 g/mol. The van der Waals surface area contributed by atoms with Gasteiger partial charge < -0.3 is 19.4 Å². The summed E-state index contributed by atoms with van der Waals surface area (Å²) in [5, 5.41) is 22.2. The molecule has 0 aromatic heterocycles. The highest BCUT2D eigenvalue weighted by Crippen LogP contribution is 2.39. The number of hydrogen-bond acceptors (Lipinski definition) is 4. The molecule has 1 aromatic carbocycles. The molecule has 0 spiro atoms. The third-order valence-electron chi connectivity index (χ3n) is 7.52. The Hall–Kier alpha value is -0.983. The summed E-state index contributed by atoms with van der Waals surface area (Å²) in [5.74, 6) is -0.100. The Morgan fingerprint density at radius 1 is 1.06 bits per heavy atom. The average molecular weight is 493 g/mol. The smallest absolute Gasteiger partial charge is 0.192 e. The van der Waals surface area contributed by atoms with E-state index in [0.29, 0.717) is 13.2 Å². The molecule has 0 aliphatic rings. The summed E-state index contributed by atoms with van der Waals surface area (Å²) < 4.78 is 12.6. The molecule has 0 saturated carbocycles. The molecule has 0 aliphatic carbocycles. The predicted octanol–water partition coefficient (Wildman–Crippen LogP) is 6.97. The van der Waals surface area contributed by atoms with Gasteiger partial charge in [0.25, 0.3) is 0 Å². The molecule has 5 heteroatoms. The predicted molar refractivity (Wildman–Crippen MR) is 146 cm³/mol. The van der Waals surface area contributed by atoms with Crippen LogP contribution in [0.15, 0.2) is 42.0 Å². The summed E-state index contributed by atoms with van der Waals surface area (Å²) in [6, 6.07) is 10.1. The Morgan fingerprint density at radius 3 is 2.18 bits per heavy atom. The van der Waals surface area contributed by atoms with Crippen LogP contribution in [-0.4, -0.2) is 43.4 Å². The van der Waals surface area contributed by atoms with E-state index in [1.165, 1.54) is 0 Å². The lowest BCUT2D eigenvalue weighted by Crippen LogP contribution is -2.47. The lowest BCUT2D eigenvalue weighted by molar-refractivity contribution is 0.0123. The molecule has 2 N–H and O–H groups in total. The van der Waals surface area contributed by atoms with Crippen LogP contribution in [0, 0.1) is 17.8 Å². The van der Waals surface area contributed by atoms with Crippen molar-refractivity contribution in [2.75, 3.05) is 6.61 Å². The average Bonchev–Trinajstić information content (AvgIpc) is 2.76. The summed E-state index contributed by atoms with van der Waals surface area (Å²) in [4.78, 5) is 0. The van der Waals surface area contributed by atoms with Crippen LogP contribution in [-0.2, 0) is 15.8 Å². The fraction of sp³-hybridized carbons (Fsp3) is 0.724. The molecule has 196 valence electrons. The molecule has 4 nitrogen and oxygen atoms in total. The Morgan fingerprint density at radius 2 is 1.65 bits per heavy atom. The quantitative estimate of drug-likeness (QED) is 0.217. The van der Waals surface area contributed by atoms with Crippen molar-refractivity contribution in [3.8, 4) is 0 Å². The van der Waals surface area contributed by atoms with Crippen LogP contribution < -0.4 is 0 Å². The van der Waals surface area contributed by atoms with Crippen LogP contribution in [0.4, 0.5) is 0 Å². The first-order valence-corrected chi connectivity index (χ1v) is 16.0. The number of benzene rings is 1. The van der Waals surface area contributed by atoms with Crippen molar-refractivity contribution in [3.63, 3.8) is 0 Å². The normalized spacial score (nSPS) is 18.8. The highest BCUT2D eigenvalue weighted by atomic mass is 28.4. The molecule has 34 heavy (non-hydrogen) atoms. The zero-order valence-electron chi connectivity index (χ0n) is 23.5. The third kappa shape index (κ3) is 9.58. The second-order valence-corrected chi connectivity index (χ2v) is 16.5. The number of rotatable bonds is 14. The van der Waals surface area contributed by atoms with Gasteiger partial charge in [-0.25, -0.2) is 0 Å². The zero-order valence-corrected chi connectivity index (χ0v) is 24.5. The highest BCUT2D eigenvalue weighted by molar-refractivity contribution is 6.74. The van der Waals surface area contributed by atoms with Crippen LogP contribution in [0.3, 0.4) is 0 Å². The standard InChI is InChI=1S/C29H52O4Si/c1-11-15-26(33-34(9,10)29(6,7)8)24(5)28(31)22(3)18-21(2)27(30)23(4)19-32-20-25-16-13-12-14-17-25/h12-14,16-18,21,23-24,26-28,30-31H,11,15,19-20H2,1-10H3/b22-18+/t21-,23+,24+,26+,27-,28+/m1/s1. The van der Waals surface area contributed by atoms with Crippen molar-refractivity contribution in [3.05, 3.63) is 47.5 Å². The van der Waals surface area contributed by atoms with E-state index in [9.17, 15) is 10.2 Å². The zero-order chi connectivity index (χ0) is 26.1. The van der Waals surface area contributed by atoms with Gasteiger partial charge in [0.15, 0.2) is 8.32 Å². The largest absolute Gasteiger partial charge is 0.414 e. The molecule has 0 amide bonds. The van der Waals surface area contributed by atoms with Gasteiger partial charge in [0.2, 0.25) is 0 Å². The van der Waals surface area contributed by atoms with Gasteiger partial charge >= 0.3 is 0 Å². The number of hydrogen-bond donors (Lipinski definition) is 2.